The van der Waals surface area contributed by atoms with Crippen molar-refractivity contribution < 1.29 is 13.2 Å². The highest BCUT2D eigenvalue weighted by molar-refractivity contribution is 7.89. The van der Waals surface area contributed by atoms with Gasteiger partial charge in [-0.05, 0) is 96.5 Å². The Hall–Kier alpha value is -1.90. The fraction of sp³-hybridized carbons (Fsp3) is 0.640. The van der Waals surface area contributed by atoms with Crippen molar-refractivity contribution in [3.8, 4) is 0 Å². The monoisotopic (exact) mass is 476 g/mol. The number of carbonyl (C=O) groups is 1. The van der Waals surface area contributed by atoms with Gasteiger partial charge in [0.05, 0.1) is 4.90 Å². The molecule has 7 nitrogen and oxygen atoms in total. The van der Waals surface area contributed by atoms with E-state index in [9.17, 15) is 13.2 Å². The molecule has 0 radical (unpaired) electrons. The van der Waals surface area contributed by atoms with Crippen LogP contribution in [0, 0.1) is 11.8 Å². The van der Waals surface area contributed by atoms with Crippen molar-refractivity contribution in [2.24, 2.45) is 11.8 Å². The first-order valence-corrected chi connectivity index (χ1v) is 13.5. The van der Waals surface area contributed by atoms with E-state index >= 15 is 0 Å². The normalized spacial score (nSPS) is 22.2. The minimum absolute atomic E-state index is 0.105. The Bertz CT molecular complexity index is 953. The molecule has 8 heteroatoms. The molecular weight excluding hydrogens is 436 g/mol. The van der Waals surface area contributed by atoms with E-state index in [1.54, 1.807) is 32.9 Å². The van der Waals surface area contributed by atoms with Crippen molar-refractivity contribution >= 4 is 21.6 Å². The molecule has 1 aromatic rings. The fourth-order valence-electron chi connectivity index (χ4n) is 4.53. The van der Waals surface area contributed by atoms with Crippen LogP contribution in [-0.4, -0.2) is 58.0 Å². The lowest BCUT2D eigenvalue weighted by molar-refractivity contribution is 0.0936. The van der Waals surface area contributed by atoms with E-state index in [0.717, 1.165) is 51.7 Å². The molecule has 1 fully saturated rings. The van der Waals surface area contributed by atoms with E-state index in [1.807, 2.05) is 0 Å². The van der Waals surface area contributed by atoms with Gasteiger partial charge in [-0.3, -0.25) is 4.79 Å². The zero-order chi connectivity index (χ0) is 24.1. The SMILES string of the molecule is CN1CCCC(CNC(=O)c2cc(NCC3CC=CCC3)cc(S(=O)(=O)NC(C)(C)C)c2)C1. The molecule has 2 unspecified atom stereocenters. The highest BCUT2D eigenvalue weighted by atomic mass is 32.2. The lowest BCUT2D eigenvalue weighted by Crippen LogP contribution is -2.40. The van der Waals surface area contributed by atoms with Gasteiger partial charge in [0, 0.05) is 36.4 Å². The molecule has 33 heavy (non-hydrogen) atoms. The van der Waals surface area contributed by atoms with Crippen LogP contribution in [-0.2, 0) is 10.0 Å². The van der Waals surface area contributed by atoms with E-state index in [4.69, 9.17) is 0 Å². The summed E-state index contributed by atoms with van der Waals surface area (Å²) < 4.78 is 28.8. The number of hydrogen-bond donors (Lipinski definition) is 3. The molecule has 1 aliphatic heterocycles. The van der Waals surface area contributed by atoms with E-state index in [-0.39, 0.29) is 10.8 Å². The molecule has 0 aromatic heterocycles. The van der Waals surface area contributed by atoms with Crippen LogP contribution in [0.4, 0.5) is 5.69 Å². The Morgan fingerprint density at radius 3 is 2.55 bits per heavy atom. The number of rotatable bonds is 8. The van der Waals surface area contributed by atoms with Crippen molar-refractivity contribution in [2.45, 2.75) is 63.3 Å². The zero-order valence-corrected chi connectivity index (χ0v) is 21.3. The average molecular weight is 477 g/mol. The number of nitrogens with one attached hydrogen (secondary N) is 3. The topological polar surface area (TPSA) is 90.5 Å². The van der Waals surface area contributed by atoms with Crippen LogP contribution in [0.25, 0.3) is 0 Å². The van der Waals surface area contributed by atoms with Crippen molar-refractivity contribution in [1.82, 2.24) is 14.9 Å². The van der Waals surface area contributed by atoms with E-state index < -0.39 is 15.6 Å². The predicted molar refractivity (Wildman–Crippen MR) is 134 cm³/mol. The van der Waals surface area contributed by atoms with Gasteiger partial charge in [-0.1, -0.05) is 12.2 Å². The Labute approximate surface area is 199 Å². The smallest absolute Gasteiger partial charge is 0.251 e. The lowest BCUT2D eigenvalue weighted by Gasteiger charge is -2.29. The minimum Gasteiger partial charge on any atom is -0.385 e. The number of anilines is 1. The second kappa shape index (κ2) is 11.0. The summed E-state index contributed by atoms with van der Waals surface area (Å²) >= 11 is 0. The Kier molecular flexibility index (Phi) is 8.59. The molecule has 1 heterocycles. The third-order valence-corrected chi connectivity index (χ3v) is 7.90. The average Bonchev–Trinajstić information content (AvgIpc) is 2.75. The molecule has 3 N–H and O–H groups in total. The molecule has 0 saturated carbocycles. The number of amides is 1. The van der Waals surface area contributed by atoms with Gasteiger partial charge in [-0.25, -0.2) is 13.1 Å². The molecular formula is C25H40N4O3S. The molecule has 3 rings (SSSR count). The van der Waals surface area contributed by atoms with Gasteiger partial charge in [0.2, 0.25) is 10.0 Å². The van der Waals surface area contributed by atoms with Crippen LogP contribution in [0.2, 0.25) is 0 Å². The zero-order valence-electron chi connectivity index (χ0n) is 20.5. The van der Waals surface area contributed by atoms with Gasteiger partial charge < -0.3 is 15.5 Å². The fourth-order valence-corrected chi connectivity index (χ4v) is 6.02. The first-order valence-electron chi connectivity index (χ1n) is 12.1. The molecule has 1 aromatic carbocycles. The van der Waals surface area contributed by atoms with Crippen molar-refractivity contribution in [2.75, 3.05) is 38.5 Å². The van der Waals surface area contributed by atoms with E-state index in [0.29, 0.717) is 29.6 Å². The summed E-state index contributed by atoms with van der Waals surface area (Å²) in [5, 5.41) is 6.41. The summed E-state index contributed by atoms with van der Waals surface area (Å²) in [5.74, 6) is 0.683. The minimum atomic E-state index is -3.77. The number of likely N-dealkylation sites (tertiary alicyclic amines) is 1. The third kappa shape index (κ3) is 8.12. The van der Waals surface area contributed by atoms with Crippen LogP contribution in [0.15, 0.2) is 35.2 Å². The number of nitrogens with zero attached hydrogens (tertiary/aromatic N) is 1. The first kappa shape index (κ1) is 25.7. The maximum absolute atomic E-state index is 13.0. The van der Waals surface area contributed by atoms with Crippen LogP contribution in [0.3, 0.4) is 0 Å². The molecule has 0 spiro atoms. The van der Waals surface area contributed by atoms with Crippen LogP contribution < -0.4 is 15.4 Å². The second-order valence-corrected chi connectivity index (χ2v) is 12.3. The summed E-state index contributed by atoms with van der Waals surface area (Å²) in [4.78, 5) is 15.4. The van der Waals surface area contributed by atoms with Gasteiger partial charge in [0.15, 0.2) is 0 Å². The van der Waals surface area contributed by atoms with Gasteiger partial charge in [0.25, 0.3) is 5.91 Å². The molecule has 0 bridgehead atoms. The third-order valence-electron chi connectivity index (χ3n) is 6.17. The van der Waals surface area contributed by atoms with Crippen LogP contribution in [0.1, 0.15) is 63.2 Å². The first-order chi connectivity index (χ1) is 15.5. The number of piperidine rings is 1. The molecule has 2 aliphatic rings. The molecule has 1 saturated heterocycles. The standard InChI is InChI=1S/C25H40N4O3S/c1-25(2,3)28-33(31,32)23-14-21(24(30)27-17-20-11-8-12-29(4)18-20)13-22(15-23)26-16-19-9-6-5-7-10-19/h5-6,13-15,19-20,26,28H,7-12,16-18H2,1-4H3,(H,27,30). The highest BCUT2D eigenvalue weighted by Crippen LogP contribution is 2.24. The van der Waals surface area contributed by atoms with Gasteiger partial charge >= 0.3 is 0 Å². The van der Waals surface area contributed by atoms with Crippen LogP contribution >= 0.6 is 0 Å². The second-order valence-electron chi connectivity index (χ2n) is 10.6. The van der Waals surface area contributed by atoms with Crippen molar-refractivity contribution in [3.63, 3.8) is 0 Å². The molecule has 2 atom stereocenters. The van der Waals surface area contributed by atoms with Gasteiger partial charge in [0.1, 0.15) is 0 Å². The Morgan fingerprint density at radius 2 is 1.88 bits per heavy atom. The van der Waals surface area contributed by atoms with Crippen molar-refractivity contribution in [3.05, 3.63) is 35.9 Å². The number of sulfonamides is 1. The summed E-state index contributed by atoms with van der Waals surface area (Å²) in [6.45, 7) is 8.81. The van der Waals surface area contributed by atoms with Crippen LogP contribution in [0.5, 0.6) is 0 Å². The summed E-state index contributed by atoms with van der Waals surface area (Å²) in [5.41, 5.74) is 0.400. The van der Waals surface area contributed by atoms with E-state index in [1.165, 1.54) is 6.07 Å². The quantitative estimate of drug-likeness (QED) is 0.499. The highest BCUT2D eigenvalue weighted by Gasteiger charge is 2.25. The molecule has 1 aliphatic carbocycles. The maximum atomic E-state index is 13.0. The number of hydrogen-bond acceptors (Lipinski definition) is 5. The molecule has 1 amide bonds. The Morgan fingerprint density at radius 1 is 1.09 bits per heavy atom. The lowest BCUT2D eigenvalue weighted by atomic mass is 9.94. The number of benzene rings is 1. The number of carbonyl (C=O) groups excluding carboxylic acids is 1. The maximum Gasteiger partial charge on any atom is 0.251 e. The van der Waals surface area contributed by atoms with Gasteiger partial charge in [-0.15, -0.1) is 0 Å². The van der Waals surface area contributed by atoms with Gasteiger partial charge in [-0.2, -0.15) is 0 Å². The summed E-state index contributed by atoms with van der Waals surface area (Å²) in [6.07, 6.45) is 9.82. The summed E-state index contributed by atoms with van der Waals surface area (Å²) in [7, 11) is -1.67. The van der Waals surface area contributed by atoms with E-state index in [2.05, 4.69) is 39.5 Å². The number of allylic oxidation sites excluding steroid dienone is 2. The molecule has 184 valence electrons. The van der Waals surface area contributed by atoms with Crippen molar-refractivity contribution in [1.29, 1.82) is 0 Å². The largest absolute Gasteiger partial charge is 0.385 e. The predicted octanol–water partition coefficient (Wildman–Crippen LogP) is 3.60. The summed E-state index contributed by atoms with van der Waals surface area (Å²) in [6, 6.07) is 4.86. The Balaban J connectivity index is 1.78.